The van der Waals surface area contributed by atoms with Crippen LogP contribution in [0.15, 0.2) is 35.1 Å². The second-order valence-corrected chi connectivity index (χ2v) is 2.96. The standard InChI is InChI=1S/C10H8N2O4/c13-10(14)9-4-8(16-12-9)6-15-7-2-1-3-11-5-7/h1-5H,6H2,(H,13,14). The van der Waals surface area contributed by atoms with Gasteiger partial charge in [0.25, 0.3) is 0 Å². The molecule has 0 aromatic carbocycles. The molecule has 0 fully saturated rings. The molecule has 0 spiro atoms. The van der Waals surface area contributed by atoms with Gasteiger partial charge in [0.1, 0.15) is 12.4 Å². The van der Waals surface area contributed by atoms with E-state index in [1.807, 2.05) is 0 Å². The number of rotatable bonds is 4. The van der Waals surface area contributed by atoms with Gasteiger partial charge in [0.15, 0.2) is 11.5 Å². The normalized spacial score (nSPS) is 10.0. The Bertz CT molecular complexity index is 481. The lowest BCUT2D eigenvalue weighted by molar-refractivity contribution is 0.0685. The lowest BCUT2D eigenvalue weighted by Gasteiger charge is -2.00. The minimum Gasteiger partial charge on any atom is -0.484 e. The van der Waals surface area contributed by atoms with Crippen LogP contribution >= 0.6 is 0 Å². The van der Waals surface area contributed by atoms with Crippen molar-refractivity contribution >= 4 is 5.97 Å². The molecule has 0 unspecified atom stereocenters. The van der Waals surface area contributed by atoms with E-state index in [0.717, 1.165) is 0 Å². The van der Waals surface area contributed by atoms with E-state index < -0.39 is 5.97 Å². The maximum absolute atomic E-state index is 10.5. The second-order valence-electron chi connectivity index (χ2n) is 2.96. The summed E-state index contributed by atoms with van der Waals surface area (Å²) in [5, 5.41) is 12.0. The lowest BCUT2D eigenvalue weighted by atomic mass is 10.4. The van der Waals surface area contributed by atoms with E-state index in [1.165, 1.54) is 6.07 Å². The average molecular weight is 220 g/mol. The molecule has 0 saturated heterocycles. The fourth-order valence-electron chi connectivity index (χ4n) is 1.07. The Morgan fingerprint density at radius 1 is 1.56 bits per heavy atom. The van der Waals surface area contributed by atoms with Crippen LogP contribution in [0.25, 0.3) is 0 Å². The summed E-state index contributed by atoms with van der Waals surface area (Å²) < 4.78 is 10.1. The topological polar surface area (TPSA) is 85.5 Å². The second kappa shape index (κ2) is 4.43. The SMILES string of the molecule is O=C(O)c1cc(COc2cccnc2)on1. The van der Waals surface area contributed by atoms with Crippen molar-refractivity contribution in [2.45, 2.75) is 6.61 Å². The predicted molar refractivity (Wildman–Crippen MR) is 52.0 cm³/mol. The third kappa shape index (κ3) is 2.35. The van der Waals surface area contributed by atoms with Gasteiger partial charge in [0, 0.05) is 12.3 Å². The highest BCUT2D eigenvalue weighted by Gasteiger charge is 2.10. The zero-order valence-electron chi connectivity index (χ0n) is 8.16. The van der Waals surface area contributed by atoms with Crippen molar-refractivity contribution in [1.82, 2.24) is 10.1 Å². The van der Waals surface area contributed by atoms with Gasteiger partial charge < -0.3 is 14.4 Å². The number of hydrogen-bond donors (Lipinski definition) is 1. The van der Waals surface area contributed by atoms with Crippen molar-refractivity contribution in [3.63, 3.8) is 0 Å². The molecule has 2 aromatic rings. The number of pyridine rings is 1. The van der Waals surface area contributed by atoms with Crippen LogP contribution in [0.4, 0.5) is 0 Å². The molecule has 6 heteroatoms. The Kier molecular flexibility index (Phi) is 2.81. The summed E-state index contributed by atoms with van der Waals surface area (Å²) >= 11 is 0. The molecule has 16 heavy (non-hydrogen) atoms. The first-order chi connectivity index (χ1) is 7.75. The van der Waals surface area contributed by atoms with Gasteiger partial charge >= 0.3 is 5.97 Å². The highest BCUT2D eigenvalue weighted by molar-refractivity contribution is 5.85. The van der Waals surface area contributed by atoms with Gasteiger partial charge in [-0.2, -0.15) is 0 Å². The maximum Gasteiger partial charge on any atom is 0.358 e. The lowest BCUT2D eigenvalue weighted by Crippen LogP contribution is -1.96. The number of aromatic carboxylic acids is 1. The third-order valence-electron chi connectivity index (χ3n) is 1.79. The molecule has 0 amide bonds. The molecule has 6 nitrogen and oxygen atoms in total. The molecule has 0 radical (unpaired) electrons. The minimum absolute atomic E-state index is 0.117. The fraction of sp³-hybridized carbons (Fsp3) is 0.100. The van der Waals surface area contributed by atoms with Crippen LogP contribution in [-0.4, -0.2) is 21.2 Å². The van der Waals surface area contributed by atoms with Crippen LogP contribution in [0.3, 0.4) is 0 Å². The summed E-state index contributed by atoms with van der Waals surface area (Å²) in [4.78, 5) is 14.4. The Labute approximate surface area is 90.5 Å². The Morgan fingerprint density at radius 2 is 2.44 bits per heavy atom. The molecule has 0 aliphatic carbocycles. The van der Waals surface area contributed by atoms with Crippen LogP contribution in [-0.2, 0) is 6.61 Å². The zero-order valence-corrected chi connectivity index (χ0v) is 8.16. The highest BCUT2D eigenvalue weighted by atomic mass is 16.5. The van der Waals surface area contributed by atoms with E-state index in [4.69, 9.17) is 14.4 Å². The van der Waals surface area contributed by atoms with E-state index in [2.05, 4.69) is 10.1 Å². The largest absolute Gasteiger partial charge is 0.484 e. The number of carboxylic acids is 1. The van der Waals surface area contributed by atoms with Gasteiger partial charge in [-0.05, 0) is 12.1 Å². The van der Waals surface area contributed by atoms with Crippen molar-refractivity contribution in [2.24, 2.45) is 0 Å². The third-order valence-corrected chi connectivity index (χ3v) is 1.79. The maximum atomic E-state index is 10.5. The number of nitrogens with zero attached hydrogens (tertiary/aromatic N) is 2. The molecule has 82 valence electrons. The van der Waals surface area contributed by atoms with Crippen molar-refractivity contribution in [1.29, 1.82) is 0 Å². The van der Waals surface area contributed by atoms with E-state index in [0.29, 0.717) is 11.5 Å². The van der Waals surface area contributed by atoms with E-state index in [-0.39, 0.29) is 12.3 Å². The molecule has 0 bridgehead atoms. The van der Waals surface area contributed by atoms with Crippen molar-refractivity contribution in [3.05, 3.63) is 42.0 Å². The van der Waals surface area contributed by atoms with E-state index in [9.17, 15) is 4.79 Å². The zero-order chi connectivity index (χ0) is 11.4. The first-order valence-corrected chi connectivity index (χ1v) is 4.47. The highest BCUT2D eigenvalue weighted by Crippen LogP contribution is 2.10. The van der Waals surface area contributed by atoms with Crippen LogP contribution < -0.4 is 4.74 Å². The smallest absolute Gasteiger partial charge is 0.358 e. The number of carboxylic acid groups (broad SMARTS) is 1. The summed E-state index contributed by atoms with van der Waals surface area (Å²) in [6.07, 6.45) is 3.18. The van der Waals surface area contributed by atoms with Gasteiger partial charge in [-0.1, -0.05) is 5.16 Å². The Hall–Kier alpha value is -2.37. The van der Waals surface area contributed by atoms with E-state index in [1.54, 1.807) is 24.5 Å². The molecule has 0 aliphatic rings. The molecule has 2 aromatic heterocycles. The Balaban J connectivity index is 1.97. The summed E-state index contributed by atoms with van der Waals surface area (Å²) in [5.41, 5.74) is -0.134. The van der Waals surface area contributed by atoms with Gasteiger partial charge in [-0.25, -0.2) is 4.79 Å². The first-order valence-electron chi connectivity index (χ1n) is 4.47. The quantitative estimate of drug-likeness (QED) is 0.836. The number of hydrogen-bond acceptors (Lipinski definition) is 5. The van der Waals surface area contributed by atoms with Crippen LogP contribution in [0.1, 0.15) is 16.2 Å². The van der Waals surface area contributed by atoms with Crippen molar-refractivity contribution < 1.29 is 19.2 Å². The first kappa shape index (κ1) is 10.2. The molecule has 2 rings (SSSR count). The summed E-state index contributed by atoms with van der Waals surface area (Å²) in [6.45, 7) is 0.117. The number of aromatic nitrogens is 2. The van der Waals surface area contributed by atoms with Crippen molar-refractivity contribution in [3.8, 4) is 5.75 Å². The summed E-state index contributed by atoms with van der Waals surface area (Å²) in [5.74, 6) is -0.201. The van der Waals surface area contributed by atoms with Crippen LogP contribution in [0.5, 0.6) is 5.75 Å². The fourth-order valence-corrected chi connectivity index (χ4v) is 1.07. The van der Waals surface area contributed by atoms with Gasteiger partial charge in [-0.15, -0.1) is 0 Å². The molecule has 0 atom stereocenters. The molecule has 0 saturated carbocycles. The van der Waals surface area contributed by atoms with Crippen molar-refractivity contribution in [2.75, 3.05) is 0 Å². The van der Waals surface area contributed by atoms with Gasteiger partial charge in [0.2, 0.25) is 0 Å². The molecule has 1 N–H and O–H groups in total. The summed E-state index contributed by atoms with van der Waals surface area (Å²) in [6, 6.07) is 4.79. The predicted octanol–water partition coefficient (Wildman–Crippen LogP) is 1.35. The van der Waals surface area contributed by atoms with Crippen LogP contribution in [0, 0.1) is 0 Å². The van der Waals surface area contributed by atoms with Crippen LogP contribution in [0.2, 0.25) is 0 Å². The van der Waals surface area contributed by atoms with E-state index >= 15 is 0 Å². The van der Waals surface area contributed by atoms with Gasteiger partial charge in [0.05, 0.1) is 6.20 Å². The Morgan fingerprint density at radius 3 is 3.06 bits per heavy atom. The molecular weight excluding hydrogens is 212 g/mol. The number of carbonyl (C=O) groups is 1. The average Bonchev–Trinajstić information content (AvgIpc) is 2.76. The van der Waals surface area contributed by atoms with Gasteiger partial charge in [-0.3, -0.25) is 4.98 Å². The molecular formula is C10H8N2O4. The summed E-state index contributed by atoms with van der Waals surface area (Å²) in [7, 11) is 0. The monoisotopic (exact) mass is 220 g/mol. The minimum atomic E-state index is -1.13. The molecule has 2 heterocycles. The number of ether oxygens (including phenoxy) is 1. The molecule has 0 aliphatic heterocycles.